The standard InChI is InChI=1S/C11H16FNO2S/c1-8(2)7-13(16(14)15)11-6-10(12)5-4-9(11)3/h4-6,8H,7H2,1-3H3,(H,14,15). The Morgan fingerprint density at radius 1 is 1.50 bits per heavy atom. The predicted molar refractivity (Wildman–Crippen MR) is 64.1 cm³/mol. The average molecular weight is 245 g/mol. The fraction of sp³-hybridized carbons (Fsp3) is 0.455. The maximum Gasteiger partial charge on any atom is 0.261 e. The Bertz CT molecular complexity index is 396. The topological polar surface area (TPSA) is 40.5 Å². The minimum atomic E-state index is -2.13. The third-order valence-corrected chi connectivity index (χ3v) is 2.88. The Labute approximate surface area is 97.7 Å². The summed E-state index contributed by atoms with van der Waals surface area (Å²) in [7, 11) is 0. The van der Waals surface area contributed by atoms with Crippen LogP contribution < -0.4 is 4.31 Å². The van der Waals surface area contributed by atoms with Crippen LogP contribution in [0.2, 0.25) is 0 Å². The van der Waals surface area contributed by atoms with Crippen molar-refractivity contribution in [3.8, 4) is 0 Å². The summed E-state index contributed by atoms with van der Waals surface area (Å²) in [6.45, 7) is 6.07. The third kappa shape index (κ3) is 3.28. The Kier molecular flexibility index (Phi) is 4.44. The minimum absolute atomic E-state index is 0.221. The van der Waals surface area contributed by atoms with Gasteiger partial charge in [0.05, 0.1) is 5.69 Å². The number of hydrogen-bond donors (Lipinski definition) is 1. The van der Waals surface area contributed by atoms with Gasteiger partial charge >= 0.3 is 0 Å². The van der Waals surface area contributed by atoms with Crippen molar-refractivity contribution in [3.05, 3.63) is 29.6 Å². The predicted octanol–water partition coefficient (Wildman–Crippen LogP) is 2.73. The summed E-state index contributed by atoms with van der Waals surface area (Å²) in [5.74, 6) is -0.182. The second-order valence-corrected chi connectivity index (χ2v) is 5.02. The molecule has 0 amide bonds. The molecule has 0 aliphatic carbocycles. The van der Waals surface area contributed by atoms with Gasteiger partial charge in [-0.25, -0.2) is 8.60 Å². The molecule has 0 aromatic heterocycles. The van der Waals surface area contributed by atoms with Crippen LogP contribution in [-0.4, -0.2) is 15.3 Å². The fourth-order valence-electron chi connectivity index (χ4n) is 1.43. The van der Waals surface area contributed by atoms with Crippen molar-refractivity contribution in [2.24, 2.45) is 5.92 Å². The first-order chi connectivity index (χ1) is 7.41. The van der Waals surface area contributed by atoms with Crippen molar-refractivity contribution in [1.29, 1.82) is 0 Å². The summed E-state index contributed by atoms with van der Waals surface area (Å²) in [4.78, 5) is 0. The first-order valence-corrected chi connectivity index (χ1v) is 6.13. The normalized spacial score (nSPS) is 12.9. The van der Waals surface area contributed by atoms with E-state index in [9.17, 15) is 13.2 Å². The fourth-order valence-corrected chi connectivity index (χ4v) is 2.22. The zero-order chi connectivity index (χ0) is 12.3. The Morgan fingerprint density at radius 2 is 2.12 bits per heavy atom. The molecule has 90 valence electrons. The zero-order valence-corrected chi connectivity index (χ0v) is 10.4. The van der Waals surface area contributed by atoms with Gasteiger partial charge in [-0.05, 0) is 30.5 Å². The third-order valence-electron chi connectivity index (χ3n) is 2.16. The van der Waals surface area contributed by atoms with Crippen LogP contribution in [0.3, 0.4) is 0 Å². The monoisotopic (exact) mass is 245 g/mol. The number of anilines is 1. The van der Waals surface area contributed by atoms with Crippen molar-refractivity contribution in [3.63, 3.8) is 0 Å². The molecule has 1 N–H and O–H groups in total. The summed E-state index contributed by atoms with van der Waals surface area (Å²) in [5, 5.41) is 0. The van der Waals surface area contributed by atoms with E-state index in [1.165, 1.54) is 16.4 Å². The zero-order valence-electron chi connectivity index (χ0n) is 9.61. The molecular weight excluding hydrogens is 229 g/mol. The van der Waals surface area contributed by atoms with Crippen molar-refractivity contribution in [2.75, 3.05) is 10.8 Å². The molecule has 0 fully saturated rings. The van der Waals surface area contributed by atoms with Gasteiger partial charge in [0.1, 0.15) is 5.82 Å². The summed E-state index contributed by atoms with van der Waals surface area (Å²) >= 11 is -2.13. The second kappa shape index (κ2) is 5.41. The molecule has 1 aromatic rings. The van der Waals surface area contributed by atoms with Gasteiger partial charge in [0.2, 0.25) is 0 Å². The molecule has 1 rings (SSSR count). The molecule has 0 saturated heterocycles. The van der Waals surface area contributed by atoms with Crippen molar-refractivity contribution < 1.29 is 13.2 Å². The number of nitrogens with zero attached hydrogens (tertiary/aromatic N) is 1. The maximum absolute atomic E-state index is 13.1. The SMILES string of the molecule is Cc1ccc(F)cc1N(CC(C)C)S(=O)O. The van der Waals surface area contributed by atoms with Crippen molar-refractivity contribution in [2.45, 2.75) is 20.8 Å². The second-order valence-electron chi connectivity index (χ2n) is 4.12. The van der Waals surface area contributed by atoms with Gasteiger partial charge in [-0.15, -0.1) is 0 Å². The van der Waals surface area contributed by atoms with E-state index < -0.39 is 17.1 Å². The molecule has 0 bridgehead atoms. The lowest BCUT2D eigenvalue weighted by Gasteiger charge is -2.23. The molecule has 0 aliphatic rings. The Balaban J connectivity index is 3.10. The van der Waals surface area contributed by atoms with Crippen LogP contribution in [0.4, 0.5) is 10.1 Å². The number of benzene rings is 1. The number of halogens is 1. The molecule has 0 spiro atoms. The van der Waals surface area contributed by atoms with Gasteiger partial charge in [0.15, 0.2) is 0 Å². The van der Waals surface area contributed by atoms with Gasteiger partial charge in [0.25, 0.3) is 11.3 Å². The molecule has 0 aliphatic heterocycles. The molecule has 0 saturated carbocycles. The number of hydrogen-bond acceptors (Lipinski definition) is 1. The summed E-state index contributed by atoms with van der Waals surface area (Å²) < 4.78 is 34.8. The molecule has 0 heterocycles. The van der Waals surface area contributed by atoms with E-state index >= 15 is 0 Å². The molecule has 1 aromatic carbocycles. The lowest BCUT2D eigenvalue weighted by Crippen LogP contribution is -2.30. The van der Waals surface area contributed by atoms with Gasteiger partial charge in [0, 0.05) is 6.54 Å². The minimum Gasteiger partial charge on any atom is -0.289 e. The Hall–Kier alpha value is -0.940. The highest BCUT2D eigenvalue weighted by molar-refractivity contribution is 7.80. The summed E-state index contributed by atoms with van der Waals surface area (Å²) in [5.41, 5.74) is 1.25. The maximum atomic E-state index is 13.1. The van der Waals surface area contributed by atoms with E-state index in [1.807, 2.05) is 13.8 Å². The van der Waals surface area contributed by atoms with Gasteiger partial charge in [-0.3, -0.25) is 8.86 Å². The summed E-state index contributed by atoms with van der Waals surface area (Å²) in [6.07, 6.45) is 0. The van der Waals surface area contributed by atoms with Crippen LogP contribution in [-0.2, 0) is 11.3 Å². The van der Waals surface area contributed by atoms with Crippen LogP contribution >= 0.6 is 0 Å². The van der Waals surface area contributed by atoms with Gasteiger partial charge < -0.3 is 0 Å². The molecule has 1 unspecified atom stereocenters. The van der Waals surface area contributed by atoms with Crippen LogP contribution in [0.1, 0.15) is 19.4 Å². The first-order valence-electron chi connectivity index (χ1n) is 5.06. The molecule has 5 heteroatoms. The van der Waals surface area contributed by atoms with Crippen LogP contribution in [0.25, 0.3) is 0 Å². The van der Waals surface area contributed by atoms with E-state index in [1.54, 1.807) is 13.0 Å². The molecular formula is C11H16FNO2S. The van der Waals surface area contributed by atoms with E-state index in [0.717, 1.165) is 5.56 Å². The highest BCUT2D eigenvalue weighted by Gasteiger charge is 2.16. The lowest BCUT2D eigenvalue weighted by molar-refractivity contribution is 0.548. The summed E-state index contributed by atoms with van der Waals surface area (Å²) in [6, 6.07) is 4.23. The first kappa shape index (κ1) is 13.1. The average Bonchev–Trinajstić information content (AvgIpc) is 2.18. The highest BCUT2D eigenvalue weighted by atomic mass is 32.2. The number of rotatable bonds is 4. The number of aryl methyl sites for hydroxylation is 1. The van der Waals surface area contributed by atoms with Crippen LogP contribution in [0.5, 0.6) is 0 Å². The van der Waals surface area contributed by atoms with Crippen LogP contribution in [0, 0.1) is 18.7 Å². The van der Waals surface area contributed by atoms with Gasteiger partial charge in [-0.1, -0.05) is 19.9 Å². The highest BCUT2D eigenvalue weighted by Crippen LogP contribution is 2.23. The smallest absolute Gasteiger partial charge is 0.261 e. The molecule has 0 radical (unpaired) electrons. The van der Waals surface area contributed by atoms with E-state index in [0.29, 0.717) is 12.2 Å². The Morgan fingerprint density at radius 3 is 2.62 bits per heavy atom. The lowest BCUT2D eigenvalue weighted by atomic mass is 10.1. The van der Waals surface area contributed by atoms with Crippen LogP contribution in [0.15, 0.2) is 18.2 Å². The van der Waals surface area contributed by atoms with Crippen molar-refractivity contribution >= 4 is 17.0 Å². The van der Waals surface area contributed by atoms with E-state index in [2.05, 4.69) is 0 Å². The molecule has 1 atom stereocenters. The van der Waals surface area contributed by atoms with E-state index in [-0.39, 0.29) is 5.92 Å². The van der Waals surface area contributed by atoms with Crippen molar-refractivity contribution in [1.82, 2.24) is 0 Å². The largest absolute Gasteiger partial charge is 0.289 e. The molecule has 16 heavy (non-hydrogen) atoms. The van der Waals surface area contributed by atoms with E-state index in [4.69, 9.17) is 0 Å². The quantitative estimate of drug-likeness (QED) is 0.829. The molecule has 3 nitrogen and oxygen atoms in total. The van der Waals surface area contributed by atoms with Gasteiger partial charge in [-0.2, -0.15) is 0 Å².